The number of hydrogen-bond donors (Lipinski definition) is 0. The summed E-state index contributed by atoms with van der Waals surface area (Å²) in [6, 6.07) is 8.43. The first-order valence-electron chi connectivity index (χ1n) is 7.52. The third kappa shape index (κ3) is 4.24. The summed E-state index contributed by atoms with van der Waals surface area (Å²) in [5.41, 5.74) is 1.44. The molecular formula is C17H27NO. The van der Waals surface area contributed by atoms with Gasteiger partial charge in [0.25, 0.3) is 0 Å². The monoisotopic (exact) mass is 261 g/mol. The first kappa shape index (κ1) is 14.4. The molecule has 0 atom stereocenters. The minimum Gasteiger partial charge on any atom is -0.492 e. The Morgan fingerprint density at radius 2 is 1.74 bits per heavy atom. The van der Waals surface area contributed by atoms with E-state index in [0.717, 1.165) is 18.9 Å². The van der Waals surface area contributed by atoms with Crippen LogP contribution in [0.25, 0.3) is 0 Å². The number of rotatable bonds is 4. The fourth-order valence-electron chi connectivity index (χ4n) is 2.68. The van der Waals surface area contributed by atoms with Crippen LogP contribution in [-0.4, -0.2) is 31.1 Å². The first-order valence-corrected chi connectivity index (χ1v) is 7.52. The van der Waals surface area contributed by atoms with Crippen molar-refractivity contribution in [1.29, 1.82) is 0 Å². The van der Waals surface area contributed by atoms with Crippen LogP contribution in [0.2, 0.25) is 0 Å². The van der Waals surface area contributed by atoms with E-state index < -0.39 is 0 Å². The van der Waals surface area contributed by atoms with Gasteiger partial charge in [-0.05, 0) is 43.0 Å². The molecular weight excluding hydrogens is 234 g/mol. The second-order valence-electron chi connectivity index (χ2n) is 6.50. The van der Waals surface area contributed by atoms with Gasteiger partial charge in [-0.25, -0.2) is 0 Å². The van der Waals surface area contributed by atoms with Crippen molar-refractivity contribution in [3.8, 4) is 5.75 Å². The van der Waals surface area contributed by atoms with Crippen molar-refractivity contribution in [2.24, 2.45) is 0 Å². The van der Waals surface area contributed by atoms with Gasteiger partial charge in [0.1, 0.15) is 12.4 Å². The van der Waals surface area contributed by atoms with Crippen molar-refractivity contribution in [2.75, 3.05) is 26.2 Å². The average molecular weight is 261 g/mol. The minimum absolute atomic E-state index is 0.141. The zero-order valence-corrected chi connectivity index (χ0v) is 12.6. The Labute approximate surface area is 117 Å². The lowest BCUT2D eigenvalue weighted by atomic mass is 9.86. The van der Waals surface area contributed by atoms with Gasteiger partial charge in [-0.2, -0.15) is 0 Å². The lowest BCUT2D eigenvalue weighted by Crippen LogP contribution is -2.33. The SMILES string of the molecule is CC(C)(C)c1ccccc1OCCN1CCCCC1. The maximum atomic E-state index is 6.02. The summed E-state index contributed by atoms with van der Waals surface area (Å²) in [7, 11) is 0. The average Bonchev–Trinajstić information content (AvgIpc) is 2.39. The highest BCUT2D eigenvalue weighted by molar-refractivity contribution is 5.38. The van der Waals surface area contributed by atoms with Crippen molar-refractivity contribution in [3.63, 3.8) is 0 Å². The summed E-state index contributed by atoms with van der Waals surface area (Å²) in [5.74, 6) is 1.05. The van der Waals surface area contributed by atoms with Gasteiger partial charge in [-0.15, -0.1) is 0 Å². The number of para-hydroxylation sites is 1. The molecule has 0 N–H and O–H groups in total. The van der Waals surface area contributed by atoms with Gasteiger partial charge in [-0.1, -0.05) is 45.4 Å². The Morgan fingerprint density at radius 3 is 2.42 bits per heavy atom. The molecule has 1 aliphatic heterocycles. The van der Waals surface area contributed by atoms with E-state index >= 15 is 0 Å². The van der Waals surface area contributed by atoms with Crippen molar-refractivity contribution < 1.29 is 4.74 Å². The second-order valence-corrected chi connectivity index (χ2v) is 6.50. The fraction of sp³-hybridized carbons (Fsp3) is 0.647. The number of benzene rings is 1. The standard InChI is InChI=1S/C17H27NO/c1-17(2,3)15-9-5-6-10-16(15)19-14-13-18-11-7-4-8-12-18/h5-6,9-10H,4,7-8,11-14H2,1-3H3. The predicted molar refractivity (Wildman–Crippen MR) is 80.9 cm³/mol. The molecule has 2 heteroatoms. The van der Waals surface area contributed by atoms with E-state index in [4.69, 9.17) is 4.74 Å². The normalized spacial score (nSPS) is 17.4. The molecule has 0 unspecified atom stereocenters. The summed E-state index contributed by atoms with van der Waals surface area (Å²) < 4.78 is 6.02. The lowest BCUT2D eigenvalue weighted by Gasteiger charge is -2.27. The molecule has 1 aromatic carbocycles. The molecule has 2 nitrogen and oxygen atoms in total. The summed E-state index contributed by atoms with van der Waals surface area (Å²) in [6.45, 7) is 11.0. The van der Waals surface area contributed by atoms with Gasteiger partial charge >= 0.3 is 0 Å². The first-order chi connectivity index (χ1) is 9.07. The molecule has 0 amide bonds. The Balaban J connectivity index is 1.88. The maximum absolute atomic E-state index is 6.02. The molecule has 1 aliphatic rings. The van der Waals surface area contributed by atoms with Gasteiger partial charge in [0.15, 0.2) is 0 Å². The van der Waals surface area contributed by atoms with Gasteiger partial charge in [0.2, 0.25) is 0 Å². The maximum Gasteiger partial charge on any atom is 0.123 e. The van der Waals surface area contributed by atoms with Crippen LogP contribution in [0.3, 0.4) is 0 Å². The molecule has 1 fully saturated rings. The molecule has 1 saturated heterocycles. The number of piperidine rings is 1. The molecule has 2 rings (SSSR count). The molecule has 106 valence electrons. The Morgan fingerprint density at radius 1 is 1.05 bits per heavy atom. The summed E-state index contributed by atoms with van der Waals surface area (Å²) >= 11 is 0. The predicted octanol–water partition coefficient (Wildman–Crippen LogP) is 3.85. The van der Waals surface area contributed by atoms with E-state index in [9.17, 15) is 0 Å². The van der Waals surface area contributed by atoms with Crippen molar-refractivity contribution in [3.05, 3.63) is 29.8 Å². The summed E-state index contributed by atoms with van der Waals surface area (Å²) in [6.07, 6.45) is 4.08. The van der Waals surface area contributed by atoms with Gasteiger partial charge in [0.05, 0.1) is 0 Å². The largest absolute Gasteiger partial charge is 0.492 e. The lowest BCUT2D eigenvalue weighted by molar-refractivity contribution is 0.182. The Kier molecular flexibility index (Phi) is 4.87. The zero-order chi connectivity index (χ0) is 13.7. The highest BCUT2D eigenvalue weighted by Gasteiger charge is 2.18. The third-order valence-electron chi connectivity index (χ3n) is 3.81. The van der Waals surface area contributed by atoms with E-state index in [1.807, 2.05) is 0 Å². The summed E-state index contributed by atoms with van der Waals surface area (Å²) in [5, 5.41) is 0. The van der Waals surface area contributed by atoms with Gasteiger partial charge in [0, 0.05) is 6.54 Å². The molecule has 0 saturated carbocycles. The quantitative estimate of drug-likeness (QED) is 0.816. The highest BCUT2D eigenvalue weighted by Crippen LogP contribution is 2.30. The van der Waals surface area contributed by atoms with Crippen LogP contribution in [0, 0.1) is 0 Å². The molecule has 0 aromatic heterocycles. The van der Waals surface area contributed by atoms with E-state index in [-0.39, 0.29) is 5.41 Å². The molecule has 19 heavy (non-hydrogen) atoms. The molecule has 1 heterocycles. The second kappa shape index (κ2) is 6.42. The van der Waals surface area contributed by atoms with Crippen LogP contribution in [0.1, 0.15) is 45.6 Å². The molecule has 0 aliphatic carbocycles. The smallest absolute Gasteiger partial charge is 0.123 e. The third-order valence-corrected chi connectivity index (χ3v) is 3.81. The van der Waals surface area contributed by atoms with Crippen molar-refractivity contribution in [1.82, 2.24) is 4.90 Å². The fourth-order valence-corrected chi connectivity index (χ4v) is 2.68. The number of nitrogens with zero attached hydrogens (tertiary/aromatic N) is 1. The highest BCUT2D eigenvalue weighted by atomic mass is 16.5. The van der Waals surface area contributed by atoms with Crippen LogP contribution >= 0.6 is 0 Å². The minimum atomic E-state index is 0.141. The van der Waals surface area contributed by atoms with Crippen LogP contribution in [0.5, 0.6) is 5.75 Å². The summed E-state index contributed by atoms with van der Waals surface area (Å²) in [4.78, 5) is 2.52. The number of likely N-dealkylation sites (tertiary alicyclic amines) is 1. The van der Waals surface area contributed by atoms with Crippen molar-refractivity contribution in [2.45, 2.75) is 45.4 Å². The van der Waals surface area contributed by atoms with Crippen LogP contribution in [0.15, 0.2) is 24.3 Å². The molecule has 0 bridgehead atoms. The van der Waals surface area contributed by atoms with Crippen LogP contribution < -0.4 is 4.74 Å². The zero-order valence-electron chi connectivity index (χ0n) is 12.6. The van der Waals surface area contributed by atoms with Gasteiger partial charge in [-0.3, -0.25) is 4.90 Å². The number of hydrogen-bond acceptors (Lipinski definition) is 2. The molecule has 1 aromatic rings. The topological polar surface area (TPSA) is 12.5 Å². The molecule has 0 spiro atoms. The van der Waals surface area contributed by atoms with E-state index in [1.165, 1.54) is 37.9 Å². The van der Waals surface area contributed by atoms with Crippen molar-refractivity contribution >= 4 is 0 Å². The Bertz CT molecular complexity index is 388. The van der Waals surface area contributed by atoms with E-state index in [2.05, 4.69) is 49.9 Å². The number of ether oxygens (including phenoxy) is 1. The van der Waals surface area contributed by atoms with E-state index in [0.29, 0.717) is 0 Å². The van der Waals surface area contributed by atoms with Gasteiger partial charge < -0.3 is 4.74 Å². The van der Waals surface area contributed by atoms with E-state index in [1.54, 1.807) is 0 Å². The van der Waals surface area contributed by atoms with Crippen LogP contribution in [-0.2, 0) is 5.41 Å². The molecule has 0 radical (unpaired) electrons. The Hall–Kier alpha value is -1.02. The van der Waals surface area contributed by atoms with Crippen LogP contribution in [0.4, 0.5) is 0 Å².